The highest BCUT2D eigenvalue weighted by atomic mass is 127. The highest BCUT2D eigenvalue weighted by Crippen LogP contribution is 2.19. The molecule has 20 heavy (non-hydrogen) atoms. The van der Waals surface area contributed by atoms with Crippen LogP contribution in [0, 0.1) is 12.8 Å². The molecule has 1 aromatic rings. The van der Waals surface area contributed by atoms with Crippen molar-refractivity contribution in [2.45, 2.75) is 40.2 Å². The number of hydrogen-bond acceptors (Lipinski definition) is 3. The lowest BCUT2D eigenvalue weighted by molar-refractivity contribution is 0.369. The fourth-order valence-corrected chi connectivity index (χ4v) is 2.41. The molecule has 0 spiro atoms. The van der Waals surface area contributed by atoms with Crippen LogP contribution >= 0.6 is 24.0 Å². The number of rotatable bonds is 4. The Hall–Kier alpha value is -0.860. The van der Waals surface area contributed by atoms with Crippen molar-refractivity contribution < 1.29 is 0 Å². The van der Waals surface area contributed by atoms with E-state index in [1.807, 2.05) is 6.92 Å². The second-order valence-electron chi connectivity index (χ2n) is 4.93. The molecule has 0 radical (unpaired) electrons. The van der Waals surface area contributed by atoms with Crippen LogP contribution in [0.2, 0.25) is 0 Å². The standard InChI is InChI=1S/C13H24N6.HI/c1-4-14-13(15-5-2)16-8-11-6-7-12-18-17-10(3)19(12)9-11;/h11H,4-9H2,1-3H3,(H2,14,15,16);1H. The number of aromatic nitrogens is 3. The van der Waals surface area contributed by atoms with Crippen molar-refractivity contribution in [2.24, 2.45) is 10.9 Å². The predicted molar refractivity (Wildman–Crippen MR) is 91.6 cm³/mol. The zero-order chi connectivity index (χ0) is 13.7. The number of aryl methyl sites for hydroxylation is 2. The van der Waals surface area contributed by atoms with E-state index in [2.05, 4.69) is 44.2 Å². The Labute approximate surface area is 137 Å². The molecule has 2 N–H and O–H groups in total. The molecular formula is C13H25IN6. The number of guanidine groups is 1. The maximum Gasteiger partial charge on any atom is 0.191 e. The van der Waals surface area contributed by atoms with Crippen LogP contribution in [0.15, 0.2) is 4.99 Å². The second-order valence-corrected chi connectivity index (χ2v) is 4.93. The van der Waals surface area contributed by atoms with E-state index in [-0.39, 0.29) is 24.0 Å². The molecule has 2 heterocycles. The number of nitrogens with one attached hydrogen (secondary N) is 2. The average Bonchev–Trinajstić information content (AvgIpc) is 2.78. The van der Waals surface area contributed by atoms with Crippen molar-refractivity contribution in [1.82, 2.24) is 25.4 Å². The second kappa shape index (κ2) is 8.43. The Bertz CT molecular complexity index is 434. The molecule has 0 saturated carbocycles. The van der Waals surface area contributed by atoms with E-state index in [4.69, 9.17) is 0 Å². The molecule has 1 aliphatic heterocycles. The van der Waals surface area contributed by atoms with Crippen LogP contribution in [-0.4, -0.2) is 40.4 Å². The third kappa shape index (κ3) is 4.32. The first-order valence-electron chi connectivity index (χ1n) is 7.15. The molecule has 6 nitrogen and oxygen atoms in total. The summed E-state index contributed by atoms with van der Waals surface area (Å²) in [4.78, 5) is 4.65. The Kier molecular flexibility index (Phi) is 7.25. The zero-order valence-corrected chi connectivity index (χ0v) is 14.8. The lowest BCUT2D eigenvalue weighted by Crippen LogP contribution is -2.37. The molecule has 1 atom stereocenters. The van der Waals surface area contributed by atoms with Gasteiger partial charge in [0.1, 0.15) is 11.6 Å². The molecule has 0 amide bonds. The first-order chi connectivity index (χ1) is 9.24. The van der Waals surface area contributed by atoms with Crippen molar-refractivity contribution in [2.75, 3.05) is 19.6 Å². The van der Waals surface area contributed by atoms with Crippen LogP contribution < -0.4 is 10.6 Å². The van der Waals surface area contributed by atoms with Crippen molar-refractivity contribution in [3.05, 3.63) is 11.6 Å². The van der Waals surface area contributed by atoms with Gasteiger partial charge in [-0.25, -0.2) is 0 Å². The first-order valence-corrected chi connectivity index (χ1v) is 7.15. The van der Waals surface area contributed by atoms with Crippen LogP contribution in [0.4, 0.5) is 0 Å². The molecule has 0 aromatic carbocycles. The van der Waals surface area contributed by atoms with Gasteiger partial charge < -0.3 is 15.2 Å². The fourth-order valence-electron chi connectivity index (χ4n) is 2.41. The van der Waals surface area contributed by atoms with Crippen molar-refractivity contribution >= 4 is 29.9 Å². The summed E-state index contributed by atoms with van der Waals surface area (Å²) < 4.78 is 2.23. The van der Waals surface area contributed by atoms with Gasteiger partial charge in [-0.2, -0.15) is 0 Å². The largest absolute Gasteiger partial charge is 0.357 e. The summed E-state index contributed by atoms with van der Waals surface area (Å²) in [5.74, 6) is 3.63. The highest BCUT2D eigenvalue weighted by molar-refractivity contribution is 14.0. The van der Waals surface area contributed by atoms with Crippen molar-refractivity contribution in [3.8, 4) is 0 Å². The minimum atomic E-state index is 0. The molecule has 0 aliphatic carbocycles. The molecule has 0 bridgehead atoms. The van der Waals surface area contributed by atoms with Gasteiger partial charge >= 0.3 is 0 Å². The zero-order valence-electron chi connectivity index (χ0n) is 12.5. The Balaban J connectivity index is 0.00000200. The number of hydrogen-bond donors (Lipinski definition) is 2. The molecule has 114 valence electrons. The third-order valence-electron chi connectivity index (χ3n) is 3.43. The topological polar surface area (TPSA) is 67.1 Å². The van der Waals surface area contributed by atoms with Gasteiger partial charge in [-0.1, -0.05) is 0 Å². The van der Waals surface area contributed by atoms with Crippen molar-refractivity contribution in [3.63, 3.8) is 0 Å². The minimum Gasteiger partial charge on any atom is -0.357 e. The Morgan fingerprint density at radius 2 is 2.00 bits per heavy atom. The monoisotopic (exact) mass is 392 g/mol. The molecule has 7 heteroatoms. The van der Waals surface area contributed by atoms with Gasteiger partial charge in [0, 0.05) is 32.6 Å². The normalized spacial score (nSPS) is 16.9. The van der Waals surface area contributed by atoms with E-state index in [9.17, 15) is 0 Å². The molecular weight excluding hydrogens is 367 g/mol. The van der Waals surface area contributed by atoms with Gasteiger partial charge in [0.25, 0.3) is 0 Å². The van der Waals surface area contributed by atoms with Crippen LogP contribution in [-0.2, 0) is 13.0 Å². The molecule has 0 saturated heterocycles. The van der Waals surface area contributed by atoms with Crippen LogP contribution in [0.25, 0.3) is 0 Å². The van der Waals surface area contributed by atoms with Crippen LogP contribution in [0.1, 0.15) is 31.9 Å². The van der Waals surface area contributed by atoms with Gasteiger partial charge in [-0.05, 0) is 33.1 Å². The molecule has 0 fully saturated rings. The van der Waals surface area contributed by atoms with Crippen LogP contribution in [0.3, 0.4) is 0 Å². The molecule has 1 aliphatic rings. The van der Waals surface area contributed by atoms with Gasteiger partial charge in [0.15, 0.2) is 5.96 Å². The quantitative estimate of drug-likeness (QED) is 0.461. The van der Waals surface area contributed by atoms with Crippen LogP contribution in [0.5, 0.6) is 0 Å². The average molecular weight is 392 g/mol. The highest BCUT2D eigenvalue weighted by Gasteiger charge is 2.21. The SMILES string of the molecule is CCNC(=NCC1CCc2nnc(C)n2C1)NCC.I. The van der Waals surface area contributed by atoms with Gasteiger partial charge in [-0.15, -0.1) is 34.2 Å². The van der Waals surface area contributed by atoms with E-state index < -0.39 is 0 Å². The van der Waals surface area contributed by atoms with E-state index >= 15 is 0 Å². The minimum absolute atomic E-state index is 0. The summed E-state index contributed by atoms with van der Waals surface area (Å²) in [6.07, 6.45) is 2.16. The lowest BCUT2D eigenvalue weighted by Gasteiger charge is -2.22. The van der Waals surface area contributed by atoms with E-state index in [0.29, 0.717) is 5.92 Å². The fraction of sp³-hybridized carbons (Fsp3) is 0.769. The van der Waals surface area contributed by atoms with Gasteiger partial charge in [0.2, 0.25) is 0 Å². The predicted octanol–water partition coefficient (Wildman–Crippen LogP) is 1.34. The number of halogens is 1. The van der Waals surface area contributed by atoms with E-state index in [1.54, 1.807) is 0 Å². The molecule has 1 unspecified atom stereocenters. The van der Waals surface area contributed by atoms with Crippen molar-refractivity contribution in [1.29, 1.82) is 0 Å². The summed E-state index contributed by atoms with van der Waals surface area (Å²) >= 11 is 0. The number of fused-ring (bicyclic) bond motifs is 1. The summed E-state index contributed by atoms with van der Waals surface area (Å²) in [6.45, 7) is 9.82. The molecule has 1 aromatic heterocycles. The summed E-state index contributed by atoms with van der Waals surface area (Å²) in [6, 6.07) is 0. The van der Waals surface area contributed by atoms with E-state index in [0.717, 1.165) is 56.6 Å². The first kappa shape index (κ1) is 17.2. The maximum atomic E-state index is 4.65. The number of aliphatic imine (C=N–C) groups is 1. The van der Waals surface area contributed by atoms with Gasteiger partial charge in [0.05, 0.1) is 0 Å². The Morgan fingerprint density at radius 1 is 1.30 bits per heavy atom. The third-order valence-corrected chi connectivity index (χ3v) is 3.43. The summed E-state index contributed by atoms with van der Waals surface area (Å²) in [5, 5.41) is 14.8. The molecule has 2 rings (SSSR count). The van der Waals surface area contributed by atoms with Gasteiger partial charge in [-0.3, -0.25) is 4.99 Å². The number of nitrogens with zero attached hydrogens (tertiary/aromatic N) is 4. The maximum absolute atomic E-state index is 4.65. The smallest absolute Gasteiger partial charge is 0.191 e. The Morgan fingerprint density at radius 3 is 2.65 bits per heavy atom. The lowest BCUT2D eigenvalue weighted by atomic mass is 9.99. The summed E-state index contributed by atoms with van der Waals surface area (Å²) in [5.41, 5.74) is 0. The van der Waals surface area contributed by atoms with E-state index in [1.165, 1.54) is 0 Å². The summed E-state index contributed by atoms with van der Waals surface area (Å²) in [7, 11) is 0.